The molecule has 0 saturated carbocycles. The second kappa shape index (κ2) is 10.6. The molecule has 0 bridgehead atoms. The standard InChI is InChI=1S/C15H24N4O.2ClH/c1-12(16)5-8-15(20)18-14-7-6-13(11-17-14)19-9-3-2-4-10-19;;/h6-7,11-12H,2-5,8-10,16H2,1H3,(H,17,18,20);2*1H. The number of piperidine rings is 1. The Labute approximate surface area is 144 Å². The van der Waals surface area contributed by atoms with Crippen molar-refractivity contribution in [1.82, 2.24) is 4.98 Å². The van der Waals surface area contributed by atoms with E-state index in [2.05, 4.69) is 15.2 Å². The third-order valence-corrected chi connectivity index (χ3v) is 3.56. The lowest BCUT2D eigenvalue weighted by molar-refractivity contribution is -0.116. The molecule has 0 aliphatic carbocycles. The fourth-order valence-electron chi connectivity index (χ4n) is 2.36. The molecule has 1 aliphatic rings. The van der Waals surface area contributed by atoms with Crippen molar-refractivity contribution < 1.29 is 4.79 Å². The van der Waals surface area contributed by atoms with E-state index in [1.165, 1.54) is 19.3 Å². The summed E-state index contributed by atoms with van der Waals surface area (Å²) in [6, 6.07) is 3.95. The third kappa shape index (κ3) is 6.81. The van der Waals surface area contributed by atoms with Gasteiger partial charge in [-0.1, -0.05) is 0 Å². The zero-order chi connectivity index (χ0) is 14.4. The van der Waals surface area contributed by atoms with E-state index in [4.69, 9.17) is 5.73 Å². The molecule has 1 unspecified atom stereocenters. The first-order valence-corrected chi connectivity index (χ1v) is 7.41. The van der Waals surface area contributed by atoms with Gasteiger partial charge in [-0.3, -0.25) is 4.79 Å². The van der Waals surface area contributed by atoms with Crippen LogP contribution in [0.5, 0.6) is 0 Å². The topological polar surface area (TPSA) is 71.2 Å². The van der Waals surface area contributed by atoms with Gasteiger partial charge in [-0.15, -0.1) is 24.8 Å². The van der Waals surface area contributed by atoms with Gasteiger partial charge < -0.3 is 16.0 Å². The minimum Gasteiger partial charge on any atom is -0.370 e. The molecule has 0 aromatic carbocycles. The van der Waals surface area contributed by atoms with Crippen molar-refractivity contribution in [2.24, 2.45) is 5.73 Å². The Balaban J connectivity index is 0.00000220. The molecule has 1 fully saturated rings. The van der Waals surface area contributed by atoms with E-state index in [1.807, 2.05) is 25.3 Å². The number of hydrogen-bond acceptors (Lipinski definition) is 4. The summed E-state index contributed by atoms with van der Waals surface area (Å²) >= 11 is 0. The Kier molecular flexibility index (Phi) is 10.1. The number of carbonyl (C=O) groups excluding carboxylic acids is 1. The Morgan fingerprint density at radius 2 is 2.00 bits per heavy atom. The van der Waals surface area contributed by atoms with Gasteiger partial charge in [0.15, 0.2) is 0 Å². The molecular weight excluding hydrogens is 323 g/mol. The molecule has 3 N–H and O–H groups in total. The Morgan fingerprint density at radius 3 is 2.55 bits per heavy atom. The summed E-state index contributed by atoms with van der Waals surface area (Å²) in [4.78, 5) is 18.3. The van der Waals surface area contributed by atoms with Gasteiger partial charge in [-0.05, 0) is 44.7 Å². The van der Waals surface area contributed by atoms with Crippen molar-refractivity contribution in [2.75, 3.05) is 23.3 Å². The van der Waals surface area contributed by atoms with Gasteiger partial charge in [0, 0.05) is 25.6 Å². The lowest BCUT2D eigenvalue weighted by Gasteiger charge is -2.28. The van der Waals surface area contributed by atoms with Crippen LogP contribution in [0, 0.1) is 0 Å². The SMILES string of the molecule is CC(N)CCC(=O)Nc1ccc(N2CCCCC2)cn1.Cl.Cl. The van der Waals surface area contributed by atoms with Crippen molar-refractivity contribution in [2.45, 2.75) is 45.1 Å². The first kappa shape index (κ1) is 21.0. The number of aromatic nitrogens is 1. The molecule has 1 amide bonds. The largest absolute Gasteiger partial charge is 0.370 e. The van der Waals surface area contributed by atoms with E-state index in [0.29, 0.717) is 18.7 Å². The maximum atomic E-state index is 11.7. The van der Waals surface area contributed by atoms with Gasteiger partial charge in [0.2, 0.25) is 5.91 Å². The Hall–Kier alpha value is -1.04. The van der Waals surface area contributed by atoms with Crippen LogP contribution in [0.1, 0.15) is 39.0 Å². The van der Waals surface area contributed by atoms with E-state index in [9.17, 15) is 4.79 Å². The fraction of sp³-hybridized carbons (Fsp3) is 0.600. The molecule has 0 spiro atoms. The van der Waals surface area contributed by atoms with Crippen LogP contribution in [0.3, 0.4) is 0 Å². The maximum absolute atomic E-state index is 11.7. The summed E-state index contributed by atoms with van der Waals surface area (Å²) in [6.07, 6.45) is 6.78. The fourth-order valence-corrected chi connectivity index (χ4v) is 2.36. The highest BCUT2D eigenvalue weighted by atomic mass is 35.5. The molecule has 1 atom stereocenters. The van der Waals surface area contributed by atoms with Crippen LogP contribution >= 0.6 is 24.8 Å². The van der Waals surface area contributed by atoms with Crippen LogP contribution in [-0.4, -0.2) is 30.0 Å². The number of nitrogens with one attached hydrogen (secondary N) is 1. The molecule has 126 valence electrons. The minimum absolute atomic E-state index is 0. The molecular formula is C15H26Cl2N4O. The van der Waals surface area contributed by atoms with Crippen molar-refractivity contribution in [3.63, 3.8) is 0 Å². The van der Waals surface area contributed by atoms with Gasteiger partial charge in [-0.2, -0.15) is 0 Å². The zero-order valence-corrected chi connectivity index (χ0v) is 14.6. The number of anilines is 2. The summed E-state index contributed by atoms with van der Waals surface area (Å²) in [6.45, 7) is 4.10. The molecule has 2 rings (SSSR count). The van der Waals surface area contributed by atoms with E-state index in [-0.39, 0.29) is 36.8 Å². The van der Waals surface area contributed by atoms with Gasteiger partial charge in [0.05, 0.1) is 11.9 Å². The quantitative estimate of drug-likeness (QED) is 0.857. The average molecular weight is 349 g/mol. The summed E-state index contributed by atoms with van der Waals surface area (Å²) in [5.74, 6) is 0.584. The van der Waals surface area contributed by atoms with Crippen LogP contribution in [0.2, 0.25) is 0 Å². The van der Waals surface area contributed by atoms with Crippen molar-refractivity contribution in [3.05, 3.63) is 18.3 Å². The van der Waals surface area contributed by atoms with Gasteiger partial charge in [0.25, 0.3) is 0 Å². The van der Waals surface area contributed by atoms with Crippen LogP contribution < -0.4 is 16.0 Å². The lowest BCUT2D eigenvalue weighted by Crippen LogP contribution is -2.29. The summed E-state index contributed by atoms with van der Waals surface area (Å²) in [5, 5.41) is 2.80. The second-order valence-electron chi connectivity index (χ2n) is 5.51. The molecule has 1 saturated heterocycles. The van der Waals surface area contributed by atoms with Crippen LogP contribution in [0.15, 0.2) is 18.3 Å². The third-order valence-electron chi connectivity index (χ3n) is 3.56. The monoisotopic (exact) mass is 348 g/mol. The maximum Gasteiger partial charge on any atom is 0.225 e. The van der Waals surface area contributed by atoms with E-state index >= 15 is 0 Å². The summed E-state index contributed by atoms with van der Waals surface area (Å²) in [5.41, 5.74) is 6.77. The predicted octanol–water partition coefficient (Wildman–Crippen LogP) is 2.98. The highest BCUT2D eigenvalue weighted by Gasteiger charge is 2.11. The molecule has 0 radical (unpaired) electrons. The highest BCUT2D eigenvalue weighted by Crippen LogP contribution is 2.20. The molecule has 1 aromatic heterocycles. The lowest BCUT2D eigenvalue weighted by atomic mass is 10.1. The molecule has 7 heteroatoms. The first-order chi connectivity index (χ1) is 9.65. The summed E-state index contributed by atoms with van der Waals surface area (Å²) < 4.78 is 0. The highest BCUT2D eigenvalue weighted by molar-refractivity contribution is 5.89. The van der Waals surface area contributed by atoms with Crippen LogP contribution in [0.25, 0.3) is 0 Å². The number of rotatable bonds is 5. The number of carbonyl (C=O) groups is 1. The normalized spacial score (nSPS) is 15.3. The minimum atomic E-state index is -0.0273. The number of amides is 1. The van der Waals surface area contributed by atoms with E-state index in [1.54, 1.807) is 0 Å². The molecule has 1 aromatic rings. The smallest absolute Gasteiger partial charge is 0.225 e. The van der Waals surface area contributed by atoms with Crippen LogP contribution in [-0.2, 0) is 4.79 Å². The molecule has 22 heavy (non-hydrogen) atoms. The van der Waals surface area contributed by atoms with Gasteiger partial charge in [-0.25, -0.2) is 4.98 Å². The molecule has 5 nitrogen and oxygen atoms in total. The van der Waals surface area contributed by atoms with E-state index < -0.39 is 0 Å². The van der Waals surface area contributed by atoms with Gasteiger partial charge >= 0.3 is 0 Å². The number of pyridine rings is 1. The second-order valence-corrected chi connectivity index (χ2v) is 5.51. The van der Waals surface area contributed by atoms with Crippen LogP contribution in [0.4, 0.5) is 11.5 Å². The number of nitrogens with zero attached hydrogens (tertiary/aromatic N) is 2. The van der Waals surface area contributed by atoms with Gasteiger partial charge in [0.1, 0.15) is 5.82 Å². The summed E-state index contributed by atoms with van der Waals surface area (Å²) in [7, 11) is 0. The van der Waals surface area contributed by atoms with Crippen molar-refractivity contribution in [1.29, 1.82) is 0 Å². The zero-order valence-electron chi connectivity index (χ0n) is 13.0. The molecule has 2 heterocycles. The Bertz CT molecular complexity index is 434. The Morgan fingerprint density at radius 1 is 1.32 bits per heavy atom. The first-order valence-electron chi connectivity index (χ1n) is 7.41. The average Bonchev–Trinajstić information content (AvgIpc) is 2.47. The number of nitrogens with two attached hydrogens (primary N) is 1. The predicted molar refractivity (Wildman–Crippen MR) is 96.3 cm³/mol. The number of halogens is 2. The molecule has 1 aliphatic heterocycles. The van der Waals surface area contributed by atoms with Crippen molar-refractivity contribution in [3.8, 4) is 0 Å². The number of hydrogen-bond donors (Lipinski definition) is 2. The van der Waals surface area contributed by atoms with Crippen molar-refractivity contribution >= 4 is 42.2 Å². The van der Waals surface area contributed by atoms with E-state index in [0.717, 1.165) is 18.8 Å².